The van der Waals surface area contributed by atoms with Crippen LogP contribution in [0.2, 0.25) is 0 Å². The molecule has 1 N–H and O–H groups in total. The van der Waals surface area contributed by atoms with Gasteiger partial charge in [0.05, 0.1) is 17.1 Å². The molecule has 0 unspecified atom stereocenters. The Labute approximate surface area is 128 Å². The van der Waals surface area contributed by atoms with Crippen LogP contribution >= 0.6 is 0 Å². The predicted molar refractivity (Wildman–Crippen MR) is 85.8 cm³/mol. The second-order valence-corrected chi connectivity index (χ2v) is 5.11. The normalized spacial score (nSPS) is 10.7. The van der Waals surface area contributed by atoms with Crippen molar-refractivity contribution in [1.29, 1.82) is 0 Å². The van der Waals surface area contributed by atoms with Crippen LogP contribution in [-0.2, 0) is 0 Å². The molecular formula is C17H17FN4. The second-order valence-electron chi connectivity index (χ2n) is 5.11. The van der Waals surface area contributed by atoms with E-state index in [0.29, 0.717) is 11.3 Å². The molecule has 3 rings (SSSR count). The van der Waals surface area contributed by atoms with Gasteiger partial charge in [-0.1, -0.05) is 18.2 Å². The monoisotopic (exact) mass is 296 g/mol. The average molecular weight is 296 g/mol. The Balaban J connectivity index is 2.18. The fourth-order valence-electron chi connectivity index (χ4n) is 2.46. The summed E-state index contributed by atoms with van der Waals surface area (Å²) in [4.78, 5) is 4.09. The molecule has 0 aliphatic carbocycles. The topological polar surface area (TPSA) is 42.7 Å². The van der Waals surface area contributed by atoms with Crippen molar-refractivity contribution in [1.82, 2.24) is 14.8 Å². The summed E-state index contributed by atoms with van der Waals surface area (Å²) in [5.41, 5.74) is 3.68. The summed E-state index contributed by atoms with van der Waals surface area (Å²) in [7, 11) is 1.85. The molecule has 2 heterocycles. The van der Waals surface area contributed by atoms with Crippen molar-refractivity contribution < 1.29 is 4.39 Å². The van der Waals surface area contributed by atoms with E-state index in [9.17, 15) is 4.39 Å². The molecule has 4 nitrogen and oxygen atoms in total. The minimum atomic E-state index is -0.322. The van der Waals surface area contributed by atoms with Crippen molar-refractivity contribution >= 4 is 5.82 Å². The number of nitrogens with zero attached hydrogens (tertiary/aromatic N) is 3. The molecular weight excluding hydrogens is 279 g/mol. The fourth-order valence-corrected chi connectivity index (χ4v) is 2.46. The standard InChI is InChI=1S/C17H17FN4/c1-11-16(13-9-15(18)12(2)20-10-13)21-22(17(11)19-3)14-7-5-4-6-8-14/h4-10,19H,1-3H3. The Hall–Kier alpha value is -2.69. The van der Waals surface area contributed by atoms with Crippen LogP contribution in [0.4, 0.5) is 10.2 Å². The van der Waals surface area contributed by atoms with Crippen molar-refractivity contribution in [3.05, 3.63) is 59.7 Å². The van der Waals surface area contributed by atoms with Gasteiger partial charge in [0.1, 0.15) is 11.6 Å². The summed E-state index contributed by atoms with van der Waals surface area (Å²) in [5, 5.41) is 7.80. The summed E-state index contributed by atoms with van der Waals surface area (Å²) in [6.45, 7) is 3.61. The number of nitrogens with one attached hydrogen (secondary N) is 1. The quantitative estimate of drug-likeness (QED) is 0.801. The summed E-state index contributed by atoms with van der Waals surface area (Å²) >= 11 is 0. The van der Waals surface area contributed by atoms with Crippen molar-refractivity contribution in [2.75, 3.05) is 12.4 Å². The largest absolute Gasteiger partial charge is 0.373 e. The lowest BCUT2D eigenvalue weighted by molar-refractivity contribution is 0.610. The van der Waals surface area contributed by atoms with Crippen LogP contribution in [0.5, 0.6) is 0 Å². The van der Waals surface area contributed by atoms with Gasteiger partial charge in [0.2, 0.25) is 0 Å². The number of aromatic nitrogens is 3. The third-order valence-corrected chi connectivity index (χ3v) is 3.66. The molecule has 3 aromatic rings. The van der Waals surface area contributed by atoms with E-state index in [-0.39, 0.29) is 5.82 Å². The van der Waals surface area contributed by atoms with Crippen LogP contribution in [-0.4, -0.2) is 21.8 Å². The average Bonchev–Trinajstić information content (AvgIpc) is 2.87. The van der Waals surface area contributed by atoms with Crippen LogP contribution < -0.4 is 5.32 Å². The zero-order valence-corrected chi connectivity index (χ0v) is 12.8. The molecule has 1 aromatic carbocycles. The van der Waals surface area contributed by atoms with E-state index < -0.39 is 0 Å². The lowest BCUT2D eigenvalue weighted by Gasteiger charge is -2.06. The zero-order valence-electron chi connectivity index (χ0n) is 12.8. The minimum absolute atomic E-state index is 0.322. The van der Waals surface area contributed by atoms with Gasteiger partial charge in [-0.2, -0.15) is 5.10 Å². The molecule has 0 atom stereocenters. The number of halogens is 1. The van der Waals surface area contributed by atoms with Gasteiger partial charge >= 0.3 is 0 Å². The molecule has 22 heavy (non-hydrogen) atoms. The van der Waals surface area contributed by atoms with Gasteiger partial charge in [-0.3, -0.25) is 4.98 Å². The van der Waals surface area contributed by atoms with Crippen LogP contribution in [0.25, 0.3) is 16.9 Å². The highest BCUT2D eigenvalue weighted by atomic mass is 19.1. The Bertz CT molecular complexity index is 809. The molecule has 112 valence electrons. The van der Waals surface area contributed by atoms with E-state index in [1.807, 2.05) is 49.0 Å². The zero-order chi connectivity index (χ0) is 15.7. The molecule has 0 bridgehead atoms. The number of rotatable bonds is 3. The summed E-state index contributed by atoms with van der Waals surface area (Å²) in [6.07, 6.45) is 1.66. The minimum Gasteiger partial charge on any atom is -0.373 e. The molecule has 0 spiro atoms. The van der Waals surface area contributed by atoms with E-state index in [1.54, 1.807) is 13.1 Å². The van der Waals surface area contributed by atoms with E-state index in [4.69, 9.17) is 0 Å². The Morgan fingerprint density at radius 1 is 1.14 bits per heavy atom. The van der Waals surface area contributed by atoms with E-state index in [1.165, 1.54) is 6.07 Å². The summed E-state index contributed by atoms with van der Waals surface area (Å²) in [5.74, 6) is 0.555. The molecule has 0 aliphatic rings. The highest BCUT2D eigenvalue weighted by Gasteiger charge is 2.17. The van der Waals surface area contributed by atoms with Gasteiger partial charge in [0, 0.05) is 24.4 Å². The maximum Gasteiger partial charge on any atom is 0.145 e. The maximum absolute atomic E-state index is 13.8. The fraction of sp³-hybridized carbons (Fsp3) is 0.176. The van der Waals surface area contributed by atoms with Crippen molar-refractivity contribution in [2.45, 2.75) is 13.8 Å². The third-order valence-electron chi connectivity index (χ3n) is 3.66. The smallest absolute Gasteiger partial charge is 0.145 e. The van der Waals surface area contributed by atoms with Gasteiger partial charge < -0.3 is 5.32 Å². The molecule has 0 radical (unpaired) electrons. The van der Waals surface area contributed by atoms with Gasteiger partial charge in [-0.05, 0) is 32.0 Å². The summed E-state index contributed by atoms with van der Waals surface area (Å²) in [6, 6.07) is 11.3. The maximum atomic E-state index is 13.8. The lowest BCUT2D eigenvalue weighted by Crippen LogP contribution is -2.02. The van der Waals surface area contributed by atoms with Crippen LogP contribution in [0.3, 0.4) is 0 Å². The first-order valence-corrected chi connectivity index (χ1v) is 7.07. The van der Waals surface area contributed by atoms with E-state index >= 15 is 0 Å². The Morgan fingerprint density at radius 3 is 2.50 bits per heavy atom. The highest BCUT2D eigenvalue weighted by Crippen LogP contribution is 2.30. The van der Waals surface area contributed by atoms with Gasteiger partial charge in [-0.15, -0.1) is 0 Å². The van der Waals surface area contributed by atoms with Crippen LogP contribution in [0.1, 0.15) is 11.3 Å². The number of hydrogen-bond acceptors (Lipinski definition) is 3. The summed E-state index contributed by atoms with van der Waals surface area (Å²) < 4.78 is 15.6. The second kappa shape index (κ2) is 5.60. The van der Waals surface area contributed by atoms with E-state index in [0.717, 1.165) is 22.8 Å². The molecule has 0 fully saturated rings. The molecule has 0 saturated carbocycles. The predicted octanol–water partition coefficient (Wildman–Crippen LogP) is 3.73. The van der Waals surface area contributed by atoms with Crippen molar-refractivity contribution in [3.63, 3.8) is 0 Å². The van der Waals surface area contributed by atoms with Gasteiger partial charge in [0.25, 0.3) is 0 Å². The lowest BCUT2D eigenvalue weighted by atomic mass is 10.1. The van der Waals surface area contributed by atoms with E-state index in [2.05, 4.69) is 15.4 Å². The molecule has 0 saturated heterocycles. The first-order chi connectivity index (χ1) is 10.6. The first kappa shape index (κ1) is 14.3. The molecule has 5 heteroatoms. The van der Waals surface area contributed by atoms with Gasteiger partial charge in [-0.25, -0.2) is 9.07 Å². The van der Waals surface area contributed by atoms with Crippen molar-refractivity contribution in [2.24, 2.45) is 0 Å². The third kappa shape index (κ3) is 2.35. The number of pyridine rings is 1. The first-order valence-electron chi connectivity index (χ1n) is 7.07. The number of hydrogen-bond donors (Lipinski definition) is 1. The highest BCUT2D eigenvalue weighted by molar-refractivity contribution is 5.69. The molecule has 0 aliphatic heterocycles. The van der Waals surface area contributed by atoms with Gasteiger partial charge in [0.15, 0.2) is 0 Å². The molecule has 0 amide bonds. The van der Waals surface area contributed by atoms with Crippen LogP contribution in [0.15, 0.2) is 42.6 Å². The molecule has 2 aromatic heterocycles. The number of benzene rings is 1. The van der Waals surface area contributed by atoms with Crippen LogP contribution in [0, 0.1) is 19.7 Å². The Kier molecular flexibility index (Phi) is 3.63. The number of para-hydroxylation sites is 1. The van der Waals surface area contributed by atoms with Crippen molar-refractivity contribution in [3.8, 4) is 16.9 Å². The number of aryl methyl sites for hydroxylation is 1. The Morgan fingerprint density at radius 2 is 1.86 bits per heavy atom. The number of anilines is 1. The SMILES string of the molecule is CNc1c(C)c(-c2cnc(C)c(F)c2)nn1-c1ccccc1.